The smallest absolute Gasteiger partial charge is 0.322 e. The normalized spacial score (nSPS) is 23.0. The van der Waals surface area contributed by atoms with Gasteiger partial charge >= 0.3 is 6.03 Å². The summed E-state index contributed by atoms with van der Waals surface area (Å²) in [5.74, 6) is -1.06. The van der Waals surface area contributed by atoms with Crippen LogP contribution in [0.2, 0.25) is 0 Å². The van der Waals surface area contributed by atoms with E-state index in [9.17, 15) is 22.8 Å². The topological polar surface area (TPSA) is 146 Å². The van der Waals surface area contributed by atoms with E-state index in [0.717, 1.165) is 0 Å². The minimum absolute atomic E-state index is 0.115. The van der Waals surface area contributed by atoms with Crippen molar-refractivity contribution in [2.45, 2.75) is 37.2 Å². The first-order chi connectivity index (χ1) is 15.5. The Bertz CT molecular complexity index is 1300. The number of urea groups is 1. The number of nitrogens with zero attached hydrogens (tertiary/aromatic N) is 1. The predicted molar refractivity (Wildman–Crippen MR) is 121 cm³/mol. The number of amides is 4. The Kier molecular flexibility index (Phi) is 5.44. The Morgan fingerprint density at radius 1 is 1.09 bits per heavy atom. The summed E-state index contributed by atoms with van der Waals surface area (Å²) in [6.45, 7) is 5.18. The predicted octanol–water partition coefficient (Wildman–Crippen LogP) is 1.44. The highest BCUT2D eigenvalue weighted by Crippen LogP contribution is 2.27. The number of hydrogen-bond donors (Lipinski definition) is 4. The molecule has 1 fully saturated rings. The maximum atomic E-state index is 13.1. The largest absolute Gasteiger partial charge is 0.324 e. The van der Waals surface area contributed by atoms with Gasteiger partial charge in [0.25, 0.3) is 15.9 Å². The Labute approximate surface area is 190 Å². The van der Waals surface area contributed by atoms with Crippen LogP contribution in [0, 0.1) is 5.92 Å². The van der Waals surface area contributed by atoms with Crippen molar-refractivity contribution in [1.82, 2.24) is 15.4 Å². The average molecular weight is 470 g/mol. The minimum atomic E-state index is -3.73. The van der Waals surface area contributed by atoms with E-state index in [4.69, 9.17) is 0 Å². The van der Waals surface area contributed by atoms with Gasteiger partial charge in [-0.05, 0) is 42.7 Å². The zero-order valence-corrected chi connectivity index (χ0v) is 19.0. The zero-order valence-electron chi connectivity index (χ0n) is 18.2. The number of imide groups is 1. The molecule has 0 aliphatic carbocycles. The van der Waals surface area contributed by atoms with Crippen molar-refractivity contribution in [1.29, 1.82) is 0 Å². The summed E-state index contributed by atoms with van der Waals surface area (Å²) in [4.78, 5) is 41.5. The van der Waals surface area contributed by atoms with Gasteiger partial charge < -0.3 is 10.6 Å². The summed E-state index contributed by atoms with van der Waals surface area (Å²) < 4.78 is 27.1. The molecule has 4 rings (SSSR count). The monoisotopic (exact) mass is 469 g/mol. The summed E-state index contributed by atoms with van der Waals surface area (Å²) >= 11 is 0. The Balaban J connectivity index is 1.61. The summed E-state index contributed by atoms with van der Waals surface area (Å²) in [6.07, 6.45) is 0. The molecule has 2 aromatic carbocycles. The number of nitrogens with one attached hydrogen (secondary N) is 4. The van der Waals surface area contributed by atoms with E-state index in [1.807, 2.05) is 0 Å². The molecule has 33 heavy (non-hydrogen) atoms. The van der Waals surface area contributed by atoms with E-state index in [2.05, 4.69) is 25.7 Å². The van der Waals surface area contributed by atoms with Gasteiger partial charge in [0.1, 0.15) is 17.4 Å². The summed E-state index contributed by atoms with van der Waals surface area (Å²) in [6, 6.07) is 11.5. The highest BCUT2D eigenvalue weighted by Gasteiger charge is 2.43. The minimum Gasteiger partial charge on any atom is -0.324 e. The van der Waals surface area contributed by atoms with Crippen LogP contribution in [0.4, 0.5) is 10.5 Å². The Morgan fingerprint density at radius 2 is 1.82 bits per heavy atom. The third-order valence-electron chi connectivity index (χ3n) is 5.58. The quantitative estimate of drug-likeness (QED) is 0.490. The van der Waals surface area contributed by atoms with E-state index in [1.54, 1.807) is 63.2 Å². The molecule has 2 atom stereocenters. The molecule has 1 unspecified atom stereocenters. The van der Waals surface area contributed by atoms with Crippen molar-refractivity contribution < 1.29 is 22.8 Å². The van der Waals surface area contributed by atoms with Crippen LogP contribution >= 0.6 is 0 Å². The van der Waals surface area contributed by atoms with Gasteiger partial charge in [0.15, 0.2) is 0 Å². The lowest BCUT2D eigenvalue weighted by molar-refractivity contribution is -0.123. The maximum absolute atomic E-state index is 13.1. The van der Waals surface area contributed by atoms with Gasteiger partial charge in [-0.2, -0.15) is 0 Å². The number of anilines is 1. The van der Waals surface area contributed by atoms with Gasteiger partial charge in [-0.25, -0.2) is 13.2 Å². The van der Waals surface area contributed by atoms with E-state index < -0.39 is 39.4 Å². The van der Waals surface area contributed by atoms with Crippen molar-refractivity contribution in [3.63, 3.8) is 0 Å². The van der Waals surface area contributed by atoms with Crippen LogP contribution in [0.5, 0.6) is 0 Å². The summed E-state index contributed by atoms with van der Waals surface area (Å²) in [5, 5.41) is 7.57. The fraction of sp³-hybridized carbons (Fsp3) is 0.273. The molecular weight excluding hydrogens is 446 g/mol. The molecule has 1 saturated heterocycles. The number of benzene rings is 2. The van der Waals surface area contributed by atoms with Crippen molar-refractivity contribution >= 4 is 39.4 Å². The number of carbonyl (C=O) groups excluding carboxylic acids is 3. The SMILES string of the molecule is CC(C)[C@H](N=C1NS(=O)(=O)c2ccccc21)C(=O)Nc1cccc(C2(C)NC(=O)NC2=O)c1. The molecule has 0 bridgehead atoms. The van der Waals surface area contributed by atoms with Crippen LogP contribution in [0.1, 0.15) is 31.9 Å². The third kappa shape index (κ3) is 4.07. The first-order valence-electron chi connectivity index (χ1n) is 10.3. The van der Waals surface area contributed by atoms with Crippen LogP contribution in [0.15, 0.2) is 58.4 Å². The van der Waals surface area contributed by atoms with Crippen LogP contribution in [-0.4, -0.2) is 38.1 Å². The fourth-order valence-corrected chi connectivity index (χ4v) is 4.99. The van der Waals surface area contributed by atoms with E-state index >= 15 is 0 Å². The van der Waals surface area contributed by atoms with Gasteiger partial charge in [0.05, 0.1) is 4.90 Å². The van der Waals surface area contributed by atoms with Gasteiger partial charge in [-0.1, -0.05) is 38.1 Å². The number of hydrogen-bond acceptors (Lipinski definition) is 6. The first-order valence-corrected chi connectivity index (χ1v) is 11.7. The number of sulfonamides is 1. The maximum Gasteiger partial charge on any atom is 0.322 e. The second-order valence-corrected chi connectivity index (χ2v) is 10.0. The van der Waals surface area contributed by atoms with Crippen molar-refractivity contribution in [3.05, 3.63) is 59.7 Å². The van der Waals surface area contributed by atoms with Gasteiger partial charge in [0, 0.05) is 11.3 Å². The summed E-state index contributed by atoms with van der Waals surface area (Å²) in [5.41, 5.74) is 0.0507. The molecule has 0 radical (unpaired) electrons. The highest BCUT2D eigenvalue weighted by atomic mass is 32.2. The van der Waals surface area contributed by atoms with Crippen molar-refractivity contribution in [3.8, 4) is 0 Å². The molecule has 11 heteroatoms. The molecular formula is C22H23N5O5S. The van der Waals surface area contributed by atoms with Crippen LogP contribution in [0.25, 0.3) is 0 Å². The van der Waals surface area contributed by atoms with E-state index in [1.165, 1.54) is 6.07 Å². The molecule has 2 aromatic rings. The third-order valence-corrected chi connectivity index (χ3v) is 6.98. The van der Waals surface area contributed by atoms with Gasteiger partial charge in [-0.15, -0.1) is 0 Å². The number of carbonyl (C=O) groups is 3. The van der Waals surface area contributed by atoms with Gasteiger partial charge in [-0.3, -0.25) is 24.6 Å². The van der Waals surface area contributed by atoms with Crippen LogP contribution < -0.4 is 20.7 Å². The summed E-state index contributed by atoms with van der Waals surface area (Å²) in [7, 11) is -3.73. The van der Waals surface area contributed by atoms with Crippen molar-refractivity contribution in [2.75, 3.05) is 5.32 Å². The first kappa shape index (κ1) is 22.5. The second-order valence-electron chi connectivity index (χ2n) is 8.37. The number of aliphatic imine (C=N–C) groups is 1. The molecule has 2 aliphatic rings. The molecule has 10 nitrogen and oxygen atoms in total. The average Bonchev–Trinajstić information content (AvgIpc) is 3.17. The number of rotatable bonds is 5. The Hall–Kier alpha value is -3.73. The lowest BCUT2D eigenvalue weighted by Gasteiger charge is -2.22. The number of amidine groups is 1. The molecule has 0 saturated carbocycles. The fourth-order valence-electron chi connectivity index (χ4n) is 3.75. The highest BCUT2D eigenvalue weighted by molar-refractivity contribution is 7.90. The van der Waals surface area contributed by atoms with Crippen LogP contribution in [0.3, 0.4) is 0 Å². The second kappa shape index (κ2) is 8.00. The zero-order chi connectivity index (χ0) is 24.0. The Morgan fingerprint density at radius 3 is 2.48 bits per heavy atom. The van der Waals surface area contributed by atoms with Crippen LogP contribution in [-0.2, 0) is 25.2 Å². The molecule has 4 amide bonds. The number of fused-ring (bicyclic) bond motifs is 1. The molecule has 0 spiro atoms. The molecule has 172 valence electrons. The molecule has 0 aromatic heterocycles. The molecule has 4 N–H and O–H groups in total. The molecule has 2 heterocycles. The molecule has 2 aliphatic heterocycles. The van der Waals surface area contributed by atoms with Crippen molar-refractivity contribution in [2.24, 2.45) is 10.9 Å². The van der Waals surface area contributed by atoms with Gasteiger partial charge in [0.2, 0.25) is 5.91 Å². The standard InChI is InChI=1S/C22H23N5O5S/c1-12(2)17(24-18-15-9-4-5-10-16(15)33(31,32)27-18)19(28)23-14-8-6-7-13(11-14)22(3)20(29)25-21(30)26-22/h4-12,17H,1-3H3,(H,23,28)(H,24,27)(H2,25,26,29,30)/t17-,22?/m0/s1. The lowest BCUT2D eigenvalue weighted by Crippen LogP contribution is -2.40. The van der Waals surface area contributed by atoms with E-state index in [-0.39, 0.29) is 16.6 Å². The van der Waals surface area contributed by atoms with E-state index in [0.29, 0.717) is 16.8 Å². The lowest BCUT2D eigenvalue weighted by atomic mass is 9.92.